The highest BCUT2D eigenvalue weighted by atomic mass is 16.5. The summed E-state index contributed by atoms with van der Waals surface area (Å²) in [4.78, 5) is 13.2. The molecule has 0 saturated carbocycles. The Morgan fingerprint density at radius 3 is 2.57 bits per heavy atom. The van der Waals surface area contributed by atoms with E-state index in [0.29, 0.717) is 13.0 Å². The van der Waals surface area contributed by atoms with Crippen molar-refractivity contribution in [3.8, 4) is 0 Å². The van der Waals surface area contributed by atoms with Gasteiger partial charge in [0.2, 0.25) is 5.91 Å². The number of carbonyl (C=O) groups excluding carboxylic acids is 1. The second-order valence-corrected chi connectivity index (χ2v) is 4.74. The number of ether oxygens (including phenoxy) is 1. The zero-order chi connectivity index (χ0) is 10.9. The van der Waals surface area contributed by atoms with Crippen molar-refractivity contribution in [1.82, 2.24) is 4.90 Å². The fraction of sp³-hybridized carbons (Fsp3) is 0.900. The van der Waals surface area contributed by atoms with Gasteiger partial charge in [-0.3, -0.25) is 4.79 Å². The lowest BCUT2D eigenvalue weighted by atomic mass is 9.82. The minimum Gasteiger partial charge on any atom is -0.384 e. The average molecular weight is 200 g/mol. The van der Waals surface area contributed by atoms with Crippen LogP contribution in [-0.4, -0.2) is 43.7 Å². The molecular weight excluding hydrogens is 180 g/mol. The van der Waals surface area contributed by atoms with Crippen LogP contribution in [0.5, 0.6) is 0 Å². The smallest absolute Gasteiger partial charge is 0.224 e. The lowest BCUT2D eigenvalue weighted by Gasteiger charge is -2.37. The monoisotopic (exact) mass is 200 g/mol. The van der Waals surface area contributed by atoms with Crippen molar-refractivity contribution < 1.29 is 9.53 Å². The average Bonchev–Trinajstić information content (AvgIpc) is 2.26. The van der Waals surface area contributed by atoms with Crippen LogP contribution in [0, 0.1) is 5.41 Å². The first-order chi connectivity index (χ1) is 6.40. The van der Waals surface area contributed by atoms with E-state index >= 15 is 0 Å². The molecule has 2 atom stereocenters. The summed E-state index contributed by atoms with van der Waals surface area (Å²) in [5, 5.41) is 0. The van der Waals surface area contributed by atoms with Gasteiger partial charge in [0, 0.05) is 32.0 Å². The maximum atomic E-state index is 11.5. The van der Waals surface area contributed by atoms with E-state index in [1.165, 1.54) is 0 Å². The molecule has 0 aliphatic carbocycles. The fourth-order valence-corrected chi connectivity index (χ4v) is 2.46. The van der Waals surface area contributed by atoms with Gasteiger partial charge in [0.15, 0.2) is 0 Å². The normalized spacial score (nSPS) is 28.6. The van der Waals surface area contributed by atoms with E-state index in [1.54, 1.807) is 12.0 Å². The van der Waals surface area contributed by atoms with Crippen LogP contribution in [0.2, 0.25) is 0 Å². The summed E-state index contributed by atoms with van der Waals surface area (Å²) in [7, 11) is 3.49. The molecule has 0 aromatic carbocycles. The number of hydrogen-bond acceptors (Lipinski definition) is 3. The maximum Gasteiger partial charge on any atom is 0.224 e. The Morgan fingerprint density at radius 2 is 2.21 bits per heavy atom. The van der Waals surface area contributed by atoms with E-state index < -0.39 is 0 Å². The highest BCUT2D eigenvalue weighted by Crippen LogP contribution is 2.32. The van der Waals surface area contributed by atoms with Crippen LogP contribution in [0.3, 0.4) is 0 Å². The van der Waals surface area contributed by atoms with Gasteiger partial charge >= 0.3 is 0 Å². The van der Waals surface area contributed by atoms with E-state index in [0.717, 1.165) is 0 Å². The third kappa shape index (κ3) is 1.91. The summed E-state index contributed by atoms with van der Waals surface area (Å²) in [6.07, 6.45) is 0.453. The van der Waals surface area contributed by atoms with Gasteiger partial charge < -0.3 is 15.4 Å². The number of methoxy groups -OCH3 is 1. The first kappa shape index (κ1) is 11.5. The number of rotatable bonds is 3. The number of carbonyl (C=O) groups is 1. The van der Waals surface area contributed by atoms with Gasteiger partial charge in [0.25, 0.3) is 0 Å². The van der Waals surface area contributed by atoms with Crippen LogP contribution in [0.15, 0.2) is 0 Å². The second kappa shape index (κ2) is 3.87. The molecule has 1 saturated heterocycles. The minimum atomic E-state index is -0.0882. The van der Waals surface area contributed by atoms with Crippen molar-refractivity contribution >= 4 is 5.91 Å². The Bertz CT molecular complexity index is 228. The Balaban J connectivity index is 2.80. The Morgan fingerprint density at radius 1 is 1.64 bits per heavy atom. The van der Waals surface area contributed by atoms with Gasteiger partial charge in [0.05, 0.1) is 12.6 Å². The van der Waals surface area contributed by atoms with Gasteiger partial charge in [-0.1, -0.05) is 13.8 Å². The van der Waals surface area contributed by atoms with E-state index in [4.69, 9.17) is 10.5 Å². The highest BCUT2D eigenvalue weighted by molar-refractivity contribution is 5.79. The predicted molar refractivity (Wildman–Crippen MR) is 54.8 cm³/mol. The molecular formula is C10H20N2O2. The molecule has 14 heavy (non-hydrogen) atoms. The second-order valence-electron chi connectivity index (χ2n) is 4.74. The highest BCUT2D eigenvalue weighted by Gasteiger charge is 2.44. The first-order valence-electron chi connectivity index (χ1n) is 4.90. The van der Waals surface area contributed by atoms with Crippen LogP contribution in [0.4, 0.5) is 0 Å². The summed E-state index contributed by atoms with van der Waals surface area (Å²) in [5.74, 6) is 0.131. The van der Waals surface area contributed by atoms with Crippen LogP contribution < -0.4 is 5.73 Å². The van der Waals surface area contributed by atoms with Crippen molar-refractivity contribution in [3.63, 3.8) is 0 Å². The molecule has 0 radical (unpaired) electrons. The Hall–Kier alpha value is -0.610. The van der Waals surface area contributed by atoms with Crippen LogP contribution in [0.25, 0.3) is 0 Å². The summed E-state index contributed by atoms with van der Waals surface area (Å²) in [6.45, 7) is 4.77. The van der Waals surface area contributed by atoms with Gasteiger partial charge in [-0.2, -0.15) is 0 Å². The van der Waals surface area contributed by atoms with Crippen LogP contribution in [-0.2, 0) is 9.53 Å². The van der Waals surface area contributed by atoms with Gasteiger partial charge in [-0.15, -0.1) is 0 Å². The molecule has 1 fully saturated rings. The minimum absolute atomic E-state index is 0.0716. The largest absolute Gasteiger partial charge is 0.384 e. The summed E-state index contributed by atoms with van der Waals surface area (Å²) < 4.78 is 5.16. The van der Waals surface area contributed by atoms with Crippen molar-refractivity contribution in [2.75, 3.05) is 20.8 Å². The van der Waals surface area contributed by atoms with Crippen LogP contribution >= 0.6 is 0 Å². The maximum absolute atomic E-state index is 11.5. The van der Waals surface area contributed by atoms with E-state index in [2.05, 4.69) is 13.8 Å². The number of likely N-dealkylation sites (tertiary alicyclic amines) is 1. The molecule has 1 aliphatic rings. The van der Waals surface area contributed by atoms with Crippen molar-refractivity contribution in [3.05, 3.63) is 0 Å². The molecule has 1 rings (SSSR count). The fourth-order valence-electron chi connectivity index (χ4n) is 2.46. The van der Waals surface area contributed by atoms with E-state index in [1.807, 2.05) is 7.05 Å². The van der Waals surface area contributed by atoms with Crippen molar-refractivity contribution in [2.24, 2.45) is 11.1 Å². The van der Waals surface area contributed by atoms with Gasteiger partial charge in [0.1, 0.15) is 0 Å². The first-order valence-corrected chi connectivity index (χ1v) is 4.90. The van der Waals surface area contributed by atoms with Gasteiger partial charge in [-0.05, 0) is 0 Å². The molecule has 0 aromatic heterocycles. The third-order valence-corrected chi connectivity index (χ3v) is 2.94. The number of nitrogens with two attached hydrogens (primary N) is 1. The van der Waals surface area contributed by atoms with Gasteiger partial charge in [-0.25, -0.2) is 0 Å². The molecule has 4 heteroatoms. The lowest BCUT2D eigenvalue weighted by Crippen LogP contribution is -2.50. The molecule has 2 unspecified atom stereocenters. The molecule has 0 aromatic rings. The molecule has 82 valence electrons. The zero-order valence-electron chi connectivity index (χ0n) is 9.41. The molecule has 4 nitrogen and oxygen atoms in total. The summed E-state index contributed by atoms with van der Waals surface area (Å²) in [6, 6.07) is 0.00704. The summed E-state index contributed by atoms with van der Waals surface area (Å²) >= 11 is 0. The SMILES string of the molecule is COCC(C)(C)C1C(N)CC(=O)N1C. The zero-order valence-corrected chi connectivity index (χ0v) is 9.41. The van der Waals surface area contributed by atoms with E-state index in [9.17, 15) is 4.79 Å². The summed E-state index contributed by atoms with van der Waals surface area (Å²) in [5.41, 5.74) is 5.87. The van der Waals surface area contributed by atoms with E-state index in [-0.39, 0.29) is 23.4 Å². The molecule has 0 bridgehead atoms. The topological polar surface area (TPSA) is 55.6 Å². The predicted octanol–water partition coefficient (Wildman–Crippen LogP) is 0.217. The molecule has 1 aliphatic heterocycles. The Kier molecular flexibility index (Phi) is 3.17. The molecule has 1 heterocycles. The van der Waals surface area contributed by atoms with Crippen LogP contribution in [0.1, 0.15) is 20.3 Å². The Labute approximate surface area is 85.4 Å². The van der Waals surface area contributed by atoms with Crippen molar-refractivity contribution in [2.45, 2.75) is 32.4 Å². The standard InChI is InChI=1S/C10H20N2O2/c1-10(2,6-14-4)9-7(11)5-8(13)12(9)3/h7,9H,5-6,11H2,1-4H3. The molecule has 0 spiro atoms. The number of amides is 1. The number of likely N-dealkylation sites (N-methyl/N-ethyl adjacent to an activating group) is 1. The lowest BCUT2D eigenvalue weighted by molar-refractivity contribution is -0.129. The molecule has 2 N–H and O–H groups in total. The molecule has 1 amide bonds. The number of nitrogens with zero attached hydrogens (tertiary/aromatic N) is 1. The third-order valence-electron chi connectivity index (χ3n) is 2.94. The quantitative estimate of drug-likeness (QED) is 0.709. The van der Waals surface area contributed by atoms with Crippen molar-refractivity contribution in [1.29, 1.82) is 0 Å². The number of hydrogen-bond donors (Lipinski definition) is 1.